The van der Waals surface area contributed by atoms with Crippen LogP contribution in [-0.4, -0.2) is 34.5 Å². The molecule has 1 aromatic heterocycles. The van der Waals surface area contributed by atoms with Crippen molar-refractivity contribution in [1.29, 1.82) is 0 Å². The molecule has 2 heterocycles. The number of carbonyl (C=O) groups is 1. The Bertz CT molecular complexity index is 1140. The summed E-state index contributed by atoms with van der Waals surface area (Å²) in [6, 6.07) is 5.61. The van der Waals surface area contributed by atoms with E-state index in [1.165, 1.54) is 6.20 Å². The third-order valence-electron chi connectivity index (χ3n) is 3.87. The maximum absolute atomic E-state index is 16.6. The van der Waals surface area contributed by atoms with Gasteiger partial charge in [-0.15, -0.1) is 0 Å². The van der Waals surface area contributed by atoms with E-state index in [-0.39, 0.29) is 11.3 Å². The smallest absolute Gasteiger partial charge is 0.253 e. The number of benzene rings is 1. The second-order valence-electron chi connectivity index (χ2n) is 6.02. The Morgan fingerprint density at radius 2 is 2.11 bits per heavy atom. The van der Waals surface area contributed by atoms with E-state index in [0.29, 0.717) is 5.69 Å². The molecule has 1 saturated heterocycles. The van der Waals surface area contributed by atoms with Crippen LogP contribution in [0.2, 0.25) is 5.02 Å². The number of hydrogen-bond donors (Lipinski definition) is 0. The van der Waals surface area contributed by atoms with E-state index in [1.807, 2.05) is 0 Å². The first kappa shape index (κ1) is 11.1. The summed E-state index contributed by atoms with van der Waals surface area (Å²) in [5, 5.41) is -0.569. The molecular weight excluding hydrogens is 370 g/mol. The summed E-state index contributed by atoms with van der Waals surface area (Å²) in [5.74, 6) is -2.52. The van der Waals surface area contributed by atoms with E-state index in [2.05, 4.69) is 4.98 Å². The number of likely N-dealkylation sites (tertiary alicyclic amines) is 1. The van der Waals surface area contributed by atoms with E-state index in [4.69, 9.17) is 23.9 Å². The molecule has 144 valence electrons. The molecule has 0 bridgehead atoms. The lowest BCUT2D eigenvalue weighted by atomic mass is 9.87. The van der Waals surface area contributed by atoms with E-state index in [9.17, 15) is 9.18 Å². The van der Waals surface area contributed by atoms with Crippen LogP contribution < -0.4 is 0 Å². The number of nitrogens with zero attached hydrogens (tertiary/aromatic N) is 2. The molecule has 0 spiro atoms. The van der Waals surface area contributed by atoms with Gasteiger partial charge in [-0.3, -0.25) is 9.78 Å². The maximum Gasteiger partial charge on any atom is 0.253 e. The zero-order valence-electron chi connectivity index (χ0n) is 23.4. The Morgan fingerprint density at radius 1 is 1.37 bits per heavy atom. The molecule has 0 aliphatic carbocycles. The van der Waals surface area contributed by atoms with Crippen molar-refractivity contribution in [3.05, 3.63) is 64.2 Å². The van der Waals surface area contributed by atoms with Crippen LogP contribution in [0.25, 0.3) is 0 Å². The summed E-state index contributed by atoms with van der Waals surface area (Å²) in [7, 11) is 0. The molecular formula is C21H23ClF2N2O. The monoisotopic (exact) mass is 401 g/mol. The van der Waals surface area contributed by atoms with Crippen LogP contribution in [0.4, 0.5) is 8.78 Å². The molecule has 0 N–H and O–H groups in total. The number of hydrogen-bond acceptors (Lipinski definition) is 2. The highest BCUT2D eigenvalue weighted by Gasteiger charge is 2.35. The highest BCUT2D eigenvalue weighted by molar-refractivity contribution is 6.31. The van der Waals surface area contributed by atoms with Gasteiger partial charge >= 0.3 is 0 Å². The van der Waals surface area contributed by atoms with Gasteiger partial charge in [0, 0.05) is 42.8 Å². The number of carbonyl (C=O) groups excluding carboxylic acids is 1. The SMILES string of the molecule is [2H]C(CCc1ccc(C)cn1)C1(F)C([2H])([2H])C([2H])([2H])N(C(=O)c2ccc(F)c(Cl)c2)C([2H])([2H])C1([2H])[2H]. The van der Waals surface area contributed by atoms with E-state index < -0.39 is 66.5 Å². The summed E-state index contributed by atoms with van der Waals surface area (Å²) < 4.78 is 105. The van der Waals surface area contributed by atoms with Gasteiger partial charge in [-0.25, -0.2) is 8.78 Å². The van der Waals surface area contributed by atoms with Gasteiger partial charge in [0.1, 0.15) is 11.5 Å². The first-order valence-corrected chi connectivity index (χ1v) is 8.54. The van der Waals surface area contributed by atoms with Crippen molar-refractivity contribution in [3.63, 3.8) is 0 Å². The predicted molar refractivity (Wildman–Crippen MR) is 102 cm³/mol. The molecule has 3 rings (SSSR count). The van der Waals surface area contributed by atoms with Crippen molar-refractivity contribution >= 4 is 17.5 Å². The highest BCUT2D eigenvalue weighted by Crippen LogP contribution is 2.32. The van der Waals surface area contributed by atoms with Gasteiger partial charge in [0.15, 0.2) is 0 Å². The number of amides is 1. The van der Waals surface area contributed by atoms with Crippen molar-refractivity contribution in [3.8, 4) is 0 Å². The molecule has 0 radical (unpaired) electrons. The molecule has 3 nitrogen and oxygen atoms in total. The van der Waals surface area contributed by atoms with E-state index in [0.717, 1.165) is 23.8 Å². The topological polar surface area (TPSA) is 33.2 Å². The third kappa shape index (κ3) is 5.04. The first-order valence-electron chi connectivity index (χ1n) is 12.7. The molecule has 0 saturated carbocycles. The minimum Gasteiger partial charge on any atom is -0.338 e. The second kappa shape index (κ2) is 8.34. The van der Waals surface area contributed by atoms with E-state index >= 15 is 4.39 Å². The first-order chi connectivity index (χ1) is 16.3. The lowest BCUT2D eigenvalue weighted by molar-refractivity contribution is 0.0389. The fourth-order valence-corrected chi connectivity index (χ4v) is 2.54. The second-order valence-corrected chi connectivity index (χ2v) is 6.43. The van der Waals surface area contributed by atoms with Crippen molar-refractivity contribution in [1.82, 2.24) is 9.88 Å². The van der Waals surface area contributed by atoms with E-state index in [1.54, 1.807) is 19.1 Å². The number of aromatic nitrogens is 1. The Labute approximate surface area is 176 Å². The molecule has 6 heteroatoms. The minimum absolute atomic E-state index is 0.0883. The van der Waals surface area contributed by atoms with Crippen molar-refractivity contribution < 1.29 is 25.9 Å². The number of halogens is 3. The van der Waals surface area contributed by atoms with Gasteiger partial charge < -0.3 is 4.90 Å². The predicted octanol–water partition coefficient (Wildman–Crippen LogP) is 5.15. The number of aryl methyl sites for hydroxylation is 2. The molecule has 1 aliphatic rings. The zero-order chi connectivity index (χ0) is 27.5. The largest absolute Gasteiger partial charge is 0.338 e. The summed E-state index contributed by atoms with van der Waals surface area (Å²) in [5.41, 5.74) is -3.39. The van der Waals surface area contributed by atoms with Crippen molar-refractivity contribution in [2.45, 2.75) is 44.6 Å². The summed E-state index contributed by atoms with van der Waals surface area (Å²) >= 11 is 5.66. The quantitative estimate of drug-likeness (QED) is 0.694. The van der Waals surface area contributed by atoms with Crippen LogP contribution in [0.15, 0.2) is 36.5 Å². The number of rotatable bonds is 5. The summed E-state index contributed by atoms with van der Waals surface area (Å²) in [6.07, 6.45) is -9.17. The Morgan fingerprint density at radius 3 is 2.74 bits per heavy atom. The normalized spacial score (nSPS) is 29.9. The van der Waals surface area contributed by atoms with Gasteiger partial charge in [0.25, 0.3) is 5.91 Å². The average Bonchev–Trinajstić information content (AvgIpc) is 2.78. The summed E-state index contributed by atoms with van der Waals surface area (Å²) in [4.78, 5) is 16.9. The maximum atomic E-state index is 16.6. The van der Waals surface area contributed by atoms with Crippen LogP contribution in [-0.2, 0) is 6.42 Å². The lowest BCUT2D eigenvalue weighted by Gasteiger charge is -2.36. The van der Waals surface area contributed by atoms with Crippen LogP contribution in [0, 0.1) is 12.7 Å². The van der Waals surface area contributed by atoms with Crippen LogP contribution in [0.5, 0.6) is 0 Å². The zero-order valence-corrected chi connectivity index (χ0v) is 15.1. The molecule has 27 heavy (non-hydrogen) atoms. The van der Waals surface area contributed by atoms with Gasteiger partial charge in [-0.1, -0.05) is 17.7 Å². The van der Waals surface area contributed by atoms with Gasteiger partial charge in [-0.05, 0) is 68.7 Å². The Kier molecular flexibility index (Phi) is 3.43. The Balaban J connectivity index is 2.07. The number of alkyl halides is 1. The molecule has 1 fully saturated rings. The fourth-order valence-electron chi connectivity index (χ4n) is 2.36. The molecule has 1 aliphatic heterocycles. The molecule has 1 amide bonds. The minimum atomic E-state index is -4.05. The Hall–Kier alpha value is -2.01. The standard InChI is InChI=1S/C21H23ClF2N2O/c1-15-4-6-17(25-14-15)3-2-8-21(24)9-11-26(12-10-21)20(27)16-5-7-19(23)18(22)13-16/h4-7,13-14H,2-3,8-12H2,1H3/i8D,9D2,10D2,11D2,12D2. The van der Waals surface area contributed by atoms with Crippen LogP contribution in [0.3, 0.4) is 0 Å². The highest BCUT2D eigenvalue weighted by atomic mass is 35.5. The van der Waals surface area contributed by atoms with Crippen molar-refractivity contribution in [2.75, 3.05) is 13.0 Å². The molecule has 1 atom stereocenters. The fraction of sp³-hybridized carbons (Fsp3) is 0.429. The number of piperidine rings is 1. The van der Waals surface area contributed by atoms with Gasteiger partial charge in [0.05, 0.1) is 5.02 Å². The third-order valence-corrected chi connectivity index (χ3v) is 4.16. The van der Waals surface area contributed by atoms with Crippen LogP contribution in [0.1, 0.15) is 59.5 Å². The molecule has 1 aromatic carbocycles. The van der Waals surface area contributed by atoms with Crippen LogP contribution >= 0.6 is 11.6 Å². The molecule has 2 aromatic rings. The van der Waals surface area contributed by atoms with Gasteiger partial charge in [-0.2, -0.15) is 0 Å². The summed E-state index contributed by atoms with van der Waals surface area (Å²) in [6.45, 7) is -5.78. The number of pyridine rings is 1. The van der Waals surface area contributed by atoms with Crippen molar-refractivity contribution in [2.24, 2.45) is 0 Å². The van der Waals surface area contributed by atoms with Gasteiger partial charge in [0.2, 0.25) is 0 Å². The molecule has 1 unspecified atom stereocenters. The average molecular weight is 402 g/mol. The lowest BCUT2D eigenvalue weighted by Crippen LogP contribution is -2.44.